The molecule has 0 aliphatic heterocycles. The molecular weight excluding hydrogens is 501 g/mol. The molecule has 0 aromatic carbocycles. The summed E-state index contributed by atoms with van der Waals surface area (Å²) in [5.41, 5.74) is -1.31. The monoisotopic (exact) mass is 538 g/mol. The highest BCUT2D eigenvalue weighted by Gasteiger charge is 2.55. The molecule has 5 rings (SSSR count). The van der Waals surface area contributed by atoms with Crippen LogP contribution in [-0.4, -0.2) is 77.5 Å². The maximum atomic E-state index is 13.8. The third-order valence-electron chi connectivity index (χ3n) is 8.73. The van der Waals surface area contributed by atoms with Crippen LogP contribution < -0.4 is 10.6 Å². The van der Waals surface area contributed by atoms with Gasteiger partial charge in [-0.25, -0.2) is 13.2 Å². The van der Waals surface area contributed by atoms with Gasteiger partial charge in [-0.3, -0.25) is 9.59 Å². The Kier molecular flexibility index (Phi) is 9.11. The number of carbonyl (C=O) groups excluding carboxylic acids is 2. The number of ether oxygens (including phenoxy) is 2. The van der Waals surface area contributed by atoms with E-state index in [-0.39, 0.29) is 43.7 Å². The summed E-state index contributed by atoms with van der Waals surface area (Å²) in [6.45, 7) is -0.330. The number of carbonyl (C=O) groups is 2. The summed E-state index contributed by atoms with van der Waals surface area (Å²) in [5.74, 6) is -1.20. The lowest BCUT2D eigenvalue weighted by atomic mass is 9.60. The van der Waals surface area contributed by atoms with Crippen molar-refractivity contribution in [3.8, 4) is 0 Å². The van der Waals surface area contributed by atoms with E-state index in [1.54, 1.807) is 0 Å². The molecule has 0 aromatic rings. The average Bonchev–Trinajstić information content (AvgIpc) is 2.85. The fraction of sp³-hybridized carbons (Fsp3) is 0.920. The van der Waals surface area contributed by atoms with E-state index in [2.05, 4.69) is 10.6 Å². The van der Waals surface area contributed by atoms with E-state index in [0.717, 1.165) is 0 Å². The second-order valence-corrected chi connectivity index (χ2v) is 11.8. The molecule has 2 amide bonds. The standard InChI is InChI=1S/C25H38ClF3N2O5/c26-18-6-5-17(11-19(18)27)36-13-21(33)30-24-7-9-25(10-8-24,20(32)12-24)31-22(34)14-35-16-3-1-15(2-4-16)23(28)29/h15-20,23,32H,1-14H2,(H,30,33)(H,31,34)/t15?,16?,17?,18?,19?,20-,24?,25?/m0/s1. The molecule has 36 heavy (non-hydrogen) atoms. The smallest absolute Gasteiger partial charge is 0.246 e. The maximum Gasteiger partial charge on any atom is 0.246 e. The van der Waals surface area contributed by atoms with Crippen LogP contribution in [0.1, 0.15) is 77.0 Å². The van der Waals surface area contributed by atoms with Crippen LogP contribution in [0.3, 0.4) is 0 Å². The van der Waals surface area contributed by atoms with Crippen LogP contribution >= 0.6 is 11.6 Å². The molecule has 0 saturated heterocycles. The molecule has 0 heterocycles. The minimum atomic E-state index is -2.31. The maximum absolute atomic E-state index is 13.8. The SMILES string of the molecule is O=C(COC1CCC(Cl)C(F)C1)NC12CCC(NC(=O)COC3CCC(C(F)F)CC3)(CC1)[C@@H](O)C2. The topological polar surface area (TPSA) is 96.9 Å². The van der Waals surface area contributed by atoms with Gasteiger partial charge in [0, 0.05) is 17.9 Å². The third-order valence-corrected chi connectivity index (χ3v) is 9.23. The molecule has 2 bridgehead atoms. The molecule has 5 aliphatic carbocycles. The molecule has 11 heteroatoms. The van der Waals surface area contributed by atoms with Crippen LogP contribution in [-0.2, 0) is 19.1 Å². The lowest BCUT2D eigenvalue weighted by Gasteiger charge is -2.56. The zero-order valence-electron chi connectivity index (χ0n) is 20.5. The van der Waals surface area contributed by atoms with Gasteiger partial charge in [-0.1, -0.05) is 0 Å². The highest BCUT2D eigenvalue weighted by Crippen LogP contribution is 2.47. The van der Waals surface area contributed by atoms with E-state index in [1.807, 2.05) is 0 Å². The second kappa shape index (κ2) is 11.7. The van der Waals surface area contributed by atoms with Gasteiger partial charge in [0.2, 0.25) is 18.2 Å². The largest absolute Gasteiger partial charge is 0.391 e. The summed E-state index contributed by atoms with van der Waals surface area (Å²) >= 11 is 5.90. The Hall–Kier alpha value is -1.10. The first-order valence-electron chi connectivity index (χ1n) is 13.2. The van der Waals surface area contributed by atoms with Gasteiger partial charge in [-0.15, -0.1) is 11.6 Å². The number of hydrogen-bond acceptors (Lipinski definition) is 5. The molecule has 4 atom stereocenters. The fourth-order valence-corrected chi connectivity index (χ4v) is 6.62. The summed E-state index contributed by atoms with van der Waals surface area (Å²) in [5, 5.41) is 16.4. The minimum Gasteiger partial charge on any atom is -0.391 e. The van der Waals surface area contributed by atoms with Crippen molar-refractivity contribution in [3.05, 3.63) is 0 Å². The van der Waals surface area contributed by atoms with Crippen LogP contribution in [0.4, 0.5) is 13.2 Å². The first-order valence-corrected chi connectivity index (χ1v) is 13.6. The van der Waals surface area contributed by atoms with Gasteiger partial charge in [-0.2, -0.15) is 0 Å². The van der Waals surface area contributed by atoms with E-state index in [9.17, 15) is 27.9 Å². The number of aliphatic hydroxyl groups excluding tert-OH is 1. The van der Waals surface area contributed by atoms with Crippen molar-refractivity contribution in [2.45, 2.75) is 124 Å². The summed E-state index contributed by atoms with van der Waals surface area (Å²) in [4.78, 5) is 25.2. The zero-order valence-corrected chi connectivity index (χ0v) is 21.3. The number of amides is 2. The van der Waals surface area contributed by atoms with Gasteiger partial charge in [0.1, 0.15) is 19.4 Å². The molecule has 3 N–H and O–H groups in total. The van der Waals surface area contributed by atoms with Crippen LogP contribution in [0.15, 0.2) is 0 Å². The van der Waals surface area contributed by atoms with Crippen molar-refractivity contribution in [2.75, 3.05) is 13.2 Å². The highest BCUT2D eigenvalue weighted by atomic mass is 35.5. The Balaban J connectivity index is 1.19. The molecule has 0 spiro atoms. The van der Waals surface area contributed by atoms with E-state index in [4.69, 9.17) is 21.1 Å². The van der Waals surface area contributed by atoms with Gasteiger partial charge < -0.3 is 25.2 Å². The van der Waals surface area contributed by atoms with Crippen LogP contribution in [0, 0.1) is 5.92 Å². The highest BCUT2D eigenvalue weighted by molar-refractivity contribution is 6.21. The first kappa shape index (κ1) is 27.9. The normalized spacial score (nSPS) is 40.7. The number of nitrogens with one attached hydrogen (secondary N) is 2. The van der Waals surface area contributed by atoms with Gasteiger partial charge in [0.15, 0.2) is 0 Å². The summed E-state index contributed by atoms with van der Waals surface area (Å²) in [6.07, 6.45) is 0.950. The summed E-state index contributed by atoms with van der Waals surface area (Å²) in [7, 11) is 0. The van der Waals surface area contributed by atoms with Crippen molar-refractivity contribution in [1.29, 1.82) is 0 Å². The third kappa shape index (κ3) is 6.66. The van der Waals surface area contributed by atoms with Crippen LogP contribution in [0.5, 0.6) is 0 Å². The number of aliphatic hydroxyl groups is 1. The predicted molar refractivity (Wildman–Crippen MR) is 127 cm³/mol. The Morgan fingerprint density at radius 2 is 1.50 bits per heavy atom. The molecular formula is C25H38ClF3N2O5. The van der Waals surface area contributed by atoms with Crippen molar-refractivity contribution in [2.24, 2.45) is 5.92 Å². The number of rotatable bonds is 9. The Morgan fingerprint density at radius 1 is 0.917 bits per heavy atom. The molecule has 3 unspecified atom stereocenters. The predicted octanol–water partition coefficient (Wildman–Crippen LogP) is 3.39. The quantitative estimate of drug-likeness (QED) is 0.391. The van der Waals surface area contributed by atoms with Crippen molar-refractivity contribution < 1.29 is 37.3 Å². The van der Waals surface area contributed by atoms with E-state index >= 15 is 0 Å². The average molecular weight is 539 g/mol. The Labute approximate surface area is 215 Å². The number of alkyl halides is 4. The van der Waals surface area contributed by atoms with Crippen molar-refractivity contribution >= 4 is 23.4 Å². The van der Waals surface area contributed by atoms with Crippen LogP contribution in [0.25, 0.3) is 0 Å². The minimum absolute atomic E-state index is 0.164. The van der Waals surface area contributed by atoms with Gasteiger partial charge >= 0.3 is 0 Å². The van der Waals surface area contributed by atoms with Gasteiger partial charge in [0.05, 0.1) is 29.2 Å². The van der Waals surface area contributed by atoms with Crippen molar-refractivity contribution in [3.63, 3.8) is 0 Å². The Bertz CT molecular complexity index is 775. The molecule has 5 aliphatic rings. The molecule has 5 saturated carbocycles. The fourth-order valence-electron chi connectivity index (χ4n) is 6.40. The molecule has 5 fully saturated rings. The van der Waals surface area contributed by atoms with Crippen LogP contribution in [0.2, 0.25) is 0 Å². The van der Waals surface area contributed by atoms with E-state index < -0.39 is 41.1 Å². The summed E-state index contributed by atoms with van der Waals surface area (Å²) in [6, 6.07) is 0. The lowest BCUT2D eigenvalue weighted by Crippen LogP contribution is -2.70. The second-order valence-electron chi connectivity index (χ2n) is 11.2. The van der Waals surface area contributed by atoms with Gasteiger partial charge in [-0.05, 0) is 70.6 Å². The molecule has 0 aromatic heterocycles. The summed E-state index contributed by atoms with van der Waals surface area (Å²) < 4.78 is 50.7. The van der Waals surface area contributed by atoms with Gasteiger partial charge in [0.25, 0.3) is 0 Å². The Morgan fingerprint density at radius 3 is 2.08 bits per heavy atom. The number of hydrogen-bond donors (Lipinski definition) is 3. The first-order chi connectivity index (χ1) is 17.1. The molecule has 206 valence electrons. The van der Waals surface area contributed by atoms with E-state index in [0.29, 0.717) is 70.6 Å². The number of fused-ring (bicyclic) bond motifs is 3. The molecule has 0 radical (unpaired) electrons. The van der Waals surface area contributed by atoms with Crippen molar-refractivity contribution in [1.82, 2.24) is 10.6 Å². The molecule has 7 nitrogen and oxygen atoms in total. The lowest BCUT2D eigenvalue weighted by molar-refractivity contribution is -0.142. The zero-order chi connectivity index (χ0) is 25.9. The van der Waals surface area contributed by atoms with E-state index in [1.165, 1.54) is 0 Å². The number of halogens is 4.